The minimum absolute atomic E-state index is 0.0665. The Morgan fingerprint density at radius 2 is 2.12 bits per heavy atom. The second-order valence-electron chi connectivity index (χ2n) is 3.17. The van der Waals surface area contributed by atoms with Crippen molar-refractivity contribution in [3.05, 3.63) is 34.9 Å². The summed E-state index contributed by atoms with van der Waals surface area (Å²) in [5.74, 6) is 6.37. The van der Waals surface area contributed by atoms with Gasteiger partial charge in [0.2, 0.25) is 0 Å². The lowest BCUT2D eigenvalue weighted by Gasteiger charge is -1.98. The highest BCUT2D eigenvalue weighted by molar-refractivity contribution is 8.13. The molecule has 3 heteroatoms. The van der Waals surface area contributed by atoms with Crippen LogP contribution in [-0.2, 0) is 4.79 Å². The van der Waals surface area contributed by atoms with Crippen molar-refractivity contribution in [2.45, 2.75) is 13.8 Å². The van der Waals surface area contributed by atoms with E-state index in [1.165, 1.54) is 18.7 Å². The molecule has 0 aliphatic heterocycles. The molecule has 0 spiro atoms. The van der Waals surface area contributed by atoms with Crippen LogP contribution in [0.1, 0.15) is 23.6 Å². The molecule has 2 nitrogen and oxygen atoms in total. The zero-order valence-electron chi connectivity index (χ0n) is 9.20. The molecule has 0 aromatic heterocycles. The molecule has 80 valence electrons. The lowest BCUT2D eigenvalue weighted by atomic mass is 10.0. The van der Waals surface area contributed by atoms with Gasteiger partial charge in [-0.15, -0.1) is 0 Å². The number of carbonyl (C=O) groups excluding carboxylic acids is 1. The van der Waals surface area contributed by atoms with Crippen LogP contribution >= 0.6 is 11.8 Å². The Hall–Kier alpha value is -1.71. The normalized spacial score (nSPS) is 8.81. The first-order chi connectivity index (χ1) is 7.65. The molecule has 0 saturated carbocycles. The number of benzene rings is 1. The second-order valence-corrected chi connectivity index (χ2v) is 4.32. The van der Waals surface area contributed by atoms with Crippen LogP contribution in [0, 0.1) is 30.1 Å². The van der Waals surface area contributed by atoms with Crippen LogP contribution in [0.3, 0.4) is 0 Å². The molecular weight excluding hydrogens is 218 g/mol. The summed E-state index contributed by atoms with van der Waals surface area (Å²) in [6.07, 6.45) is 0. The summed E-state index contributed by atoms with van der Waals surface area (Å²) in [5.41, 5.74) is 2.39. The van der Waals surface area contributed by atoms with Gasteiger partial charge < -0.3 is 0 Å². The molecule has 0 aliphatic carbocycles. The Morgan fingerprint density at radius 3 is 2.75 bits per heavy atom. The Kier molecular flexibility index (Phi) is 4.64. The predicted molar refractivity (Wildman–Crippen MR) is 65.9 cm³/mol. The lowest BCUT2D eigenvalue weighted by Crippen LogP contribution is -1.88. The fourth-order valence-electron chi connectivity index (χ4n) is 1.16. The van der Waals surface area contributed by atoms with Gasteiger partial charge in [-0.1, -0.05) is 29.7 Å². The van der Waals surface area contributed by atoms with Crippen LogP contribution in [0.15, 0.2) is 18.2 Å². The number of thioether (sulfide) groups is 1. The first-order valence-electron chi connectivity index (χ1n) is 4.77. The molecule has 0 aliphatic rings. The zero-order valence-corrected chi connectivity index (χ0v) is 10.0. The standard InChI is InChI=1S/C13H11NOS/c1-10-12(5-3-6-13(10)9-14)7-4-8-16-11(2)15/h3,5-6H,8H2,1-2H3. The number of nitriles is 1. The molecule has 0 N–H and O–H groups in total. The van der Waals surface area contributed by atoms with E-state index < -0.39 is 0 Å². The Balaban J connectivity index is 2.82. The Morgan fingerprint density at radius 1 is 1.44 bits per heavy atom. The van der Waals surface area contributed by atoms with Crippen molar-refractivity contribution < 1.29 is 4.79 Å². The summed E-state index contributed by atoms with van der Waals surface area (Å²) < 4.78 is 0. The molecule has 0 heterocycles. The van der Waals surface area contributed by atoms with Gasteiger partial charge in [-0.05, 0) is 24.6 Å². The number of hydrogen-bond acceptors (Lipinski definition) is 3. The number of hydrogen-bond donors (Lipinski definition) is 0. The zero-order chi connectivity index (χ0) is 12.0. The number of nitrogens with zero attached hydrogens (tertiary/aromatic N) is 1. The van der Waals surface area contributed by atoms with E-state index in [4.69, 9.17) is 5.26 Å². The summed E-state index contributed by atoms with van der Waals surface area (Å²) in [6, 6.07) is 7.58. The van der Waals surface area contributed by atoms with Crippen molar-refractivity contribution in [1.82, 2.24) is 0 Å². The minimum atomic E-state index is 0.0665. The van der Waals surface area contributed by atoms with Gasteiger partial charge in [0.1, 0.15) is 0 Å². The van der Waals surface area contributed by atoms with Gasteiger partial charge in [0.25, 0.3) is 0 Å². The van der Waals surface area contributed by atoms with E-state index >= 15 is 0 Å². The summed E-state index contributed by atoms with van der Waals surface area (Å²) in [6.45, 7) is 3.40. The molecule has 16 heavy (non-hydrogen) atoms. The third-order valence-corrected chi connectivity index (χ3v) is 2.72. The fourth-order valence-corrected chi connectivity index (χ4v) is 1.51. The van der Waals surface area contributed by atoms with E-state index in [0.29, 0.717) is 11.3 Å². The van der Waals surface area contributed by atoms with E-state index in [1.807, 2.05) is 19.1 Å². The Labute approximate surface area is 99.7 Å². The van der Waals surface area contributed by atoms with Gasteiger partial charge in [0.15, 0.2) is 5.12 Å². The van der Waals surface area contributed by atoms with Crippen LogP contribution in [0.2, 0.25) is 0 Å². The molecule has 0 unspecified atom stereocenters. The summed E-state index contributed by atoms with van der Waals surface area (Å²) in [7, 11) is 0. The van der Waals surface area contributed by atoms with Gasteiger partial charge in [-0.3, -0.25) is 4.79 Å². The van der Waals surface area contributed by atoms with Crippen LogP contribution in [-0.4, -0.2) is 10.9 Å². The van der Waals surface area contributed by atoms with Crippen molar-refractivity contribution in [3.63, 3.8) is 0 Å². The summed E-state index contributed by atoms with van der Waals surface area (Å²) in [5, 5.41) is 8.91. The van der Waals surface area contributed by atoms with E-state index in [2.05, 4.69) is 17.9 Å². The number of carbonyl (C=O) groups is 1. The van der Waals surface area contributed by atoms with E-state index in [1.54, 1.807) is 6.07 Å². The SMILES string of the molecule is CC(=O)SCC#Cc1cccc(C#N)c1C. The smallest absolute Gasteiger partial charge is 0.186 e. The maximum absolute atomic E-state index is 10.7. The topological polar surface area (TPSA) is 40.9 Å². The molecule has 0 radical (unpaired) electrons. The second kappa shape index (κ2) is 6.00. The molecule has 0 atom stereocenters. The largest absolute Gasteiger partial charge is 0.288 e. The van der Waals surface area contributed by atoms with Crippen molar-refractivity contribution in [2.75, 3.05) is 5.75 Å². The molecule has 0 bridgehead atoms. The highest BCUT2D eigenvalue weighted by atomic mass is 32.2. The van der Waals surface area contributed by atoms with Gasteiger partial charge in [0, 0.05) is 12.5 Å². The molecular formula is C13H11NOS. The molecule has 1 aromatic carbocycles. The first kappa shape index (κ1) is 12.4. The van der Waals surface area contributed by atoms with Gasteiger partial charge in [-0.2, -0.15) is 5.26 Å². The maximum Gasteiger partial charge on any atom is 0.186 e. The quantitative estimate of drug-likeness (QED) is 0.695. The molecule has 0 amide bonds. The highest BCUT2D eigenvalue weighted by Gasteiger charge is 1.99. The van der Waals surface area contributed by atoms with Crippen LogP contribution in [0.5, 0.6) is 0 Å². The molecule has 0 fully saturated rings. The van der Waals surface area contributed by atoms with E-state index in [9.17, 15) is 4.79 Å². The van der Waals surface area contributed by atoms with Crippen molar-refractivity contribution >= 4 is 16.9 Å². The predicted octanol–water partition coefficient (Wildman–Crippen LogP) is 2.50. The fraction of sp³-hybridized carbons (Fsp3) is 0.231. The summed E-state index contributed by atoms with van der Waals surface area (Å²) in [4.78, 5) is 10.7. The third-order valence-electron chi connectivity index (χ3n) is 2.02. The lowest BCUT2D eigenvalue weighted by molar-refractivity contribution is -0.109. The van der Waals surface area contributed by atoms with Crippen molar-refractivity contribution in [1.29, 1.82) is 5.26 Å². The van der Waals surface area contributed by atoms with Crippen molar-refractivity contribution in [3.8, 4) is 17.9 Å². The third kappa shape index (κ3) is 3.46. The van der Waals surface area contributed by atoms with Gasteiger partial charge in [-0.25, -0.2) is 0 Å². The van der Waals surface area contributed by atoms with Crippen LogP contribution in [0.25, 0.3) is 0 Å². The van der Waals surface area contributed by atoms with Crippen LogP contribution < -0.4 is 0 Å². The highest BCUT2D eigenvalue weighted by Crippen LogP contribution is 2.11. The van der Waals surface area contributed by atoms with Gasteiger partial charge >= 0.3 is 0 Å². The minimum Gasteiger partial charge on any atom is -0.288 e. The molecule has 1 rings (SSSR count). The number of rotatable bonds is 1. The molecule has 0 saturated heterocycles. The first-order valence-corrected chi connectivity index (χ1v) is 5.75. The van der Waals surface area contributed by atoms with Crippen molar-refractivity contribution in [2.24, 2.45) is 0 Å². The molecule has 1 aromatic rings. The van der Waals surface area contributed by atoms with Crippen LogP contribution in [0.4, 0.5) is 0 Å². The monoisotopic (exact) mass is 229 g/mol. The van der Waals surface area contributed by atoms with E-state index in [0.717, 1.165) is 11.1 Å². The maximum atomic E-state index is 10.7. The summed E-state index contributed by atoms with van der Waals surface area (Å²) >= 11 is 1.19. The average molecular weight is 229 g/mol. The van der Waals surface area contributed by atoms with Gasteiger partial charge in [0.05, 0.1) is 17.4 Å². The Bertz CT molecular complexity index is 503. The average Bonchev–Trinajstić information content (AvgIpc) is 2.26. The van der Waals surface area contributed by atoms with E-state index in [-0.39, 0.29) is 5.12 Å².